The van der Waals surface area contributed by atoms with Crippen molar-refractivity contribution in [1.29, 1.82) is 0 Å². The number of non-ortho nitro benzene ring substituents is 1. The molecule has 4 aromatic rings. The summed E-state index contributed by atoms with van der Waals surface area (Å²) in [6, 6.07) is 18.1. The van der Waals surface area contributed by atoms with Crippen molar-refractivity contribution >= 4 is 17.3 Å². The molecule has 3 aromatic carbocycles. The summed E-state index contributed by atoms with van der Waals surface area (Å²) in [7, 11) is 0. The molecule has 0 saturated carbocycles. The summed E-state index contributed by atoms with van der Waals surface area (Å²) in [5, 5.41) is 17.4. The van der Waals surface area contributed by atoms with Crippen molar-refractivity contribution in [3.8, 4) is 22.8 Å². The Labute approximate surface area is 169 Å². The lowest BCUT2D eigenvalue weighted by Gasteiger charge is -2.07. The molecule has 0 fully saturated rings. The summed E-state index contributed by atoms with van der Waals surface area (Å²) in [6.45, 7) is 0. The quantitative estimate of drug-likeness (QED) is 0.381. The average molecular weight is 404 g/mol. The predicted molar refractivity (Wildman–Crippen MR) is 106 cm³/mol. The van der Waals surface area contributed by atoms with E-state index in [1.807, 2.05) is 0 Å². The van der Waals surface area contributed by atoms with E-state index in [-0.39, 0.29) is 34.2 Å². The molecule has 9 heteroatoms. The molecular formula is C21H13FN4O4. The van der Waals surface area contributed by atoms with Gasteiger partial charge in [-0.15, -0.1) is 0 Å². The summed E-state index contributed by atoms with van der Waals surface area (Å²) in [5.74, 6) is -0.923. The molecule has 0 radical (unpaired) electrons. The number of anilines is 1. The number of hydrogen-bond donors (Lipinski definition) is 1. The summed E-state index contributed by atoms with van der Waals surface area (Å²) in [4.78, 5) is 27.4. The van der Waals surface area contributed by atoms with Crippen LogP contribution in [0.25, 0.3) is 22.8 Å². The first-order chi connectivity index (χ1) is 14.5. The molecule has 0 bridgehead atoms. The molecule has 0 aliphatic rings. The normalized spacial score (nSPS) is 10.6. The number of rotatable bonds is 5. The molecule has 148 valence electrons. The largest absolute Gasteiger partial charge is 0.334 e. The Kier molecular flexibility index (Phi) is 5.00. The first-order valence-corrected chi connectivity index (χ1v) is 8.77. The molecular weight excluding hydrogens is 391 g/mol. The summed E-state index contributed by atoms with van der Waals surface area (Å²) < 4.78 is 19.2. The van der Waals surface area contributed by atoms with Crippen LogP contribution in [-0.2, 0) is 0 Å². The molecule has 0 aliphatic heterocycles. The zero-order chi connectivity index (χ0) is 21.1. The lowest BCUT2D eigenvalue weighted by atomic mass is 10.1. The van der Waals surface area contributed by atoms with Gasteiger partial charge in [-0.3, -0.25) is 14.9 Å². The number of benzene rings is 3. The molecule has 1 amide bonds. The Morgan fingerprint density at radius 3 is 2.50 bits per heavy atom. The van der Waals surface area contributed by atoms with Crippen molar-refractivity contribution in [1.82, 2.24) is 10.1 Å². The molecule has 1 N–H and O–H groups in total. The van der Waals surface area contributed by atoms with Crippen molar-refractivity contribution in [2.45, 2.75) is 0 Å². The van der Waals surface area contributed by atoms with E-state index >= 15 is 0 Å². The minimum absolute atomic E-state index is 0.0399. The second-order valence-corrected chi connectivity index (χ2v) is 6.21. The van der Waals surface area contributed by atoms with Gasteiger partial charge in [-0.05, 0) is 30.3 Å². The first-order valence-electron chi connectivity index (χ1n) is 8.77. The van der Waals surface area contributed by atoms with Crippen LogP contribution in [0.2, 0.25) is 0 Å². The average Bonchev–Trinajstić information content (AvgIpc) is 3.24. The van der Waals surface area contributed by atoms with Gasteiger partial charge in [0, 0.05) is 17.8 Å². The van der Waals surface area contributed by atoms with Gasteiger partial charge in [-0.25, -0.2) is 4.39 Å². The van der Waals surface area contributed by atoms with Crippen LogP contribution in [0.5, 0.6) is 0 Å². The fraction of sp³-hybridized carbons (Fsp3) is 0. The van der Waals surface area contributed by atoms with Gasteiger partial charge in [-0.1, -0.05) is 35.5 Å². The molecule has 0 aliphatic carbocycles. The van der Waals surface area contributed by atoms with E-state index in [9.17, 15) is 19.3 Å². The fourth-order valence-corrected chi connectivity index (χ4v) is 2.85. The number of halogens is 1. The topological polar surface area (TPSA) is 111 Å². The van der Waals surface area contributed by atoms with Crippen molar-refractivity contribution in [3.63, 3.8) is 0 Å². The van der Waals surface area contributed by atoms with Gasteiger partial charge in [0.15, 0.2) is 0 Å². The maximum absolute atomic E-state index is 14.0. The zero-order valence-corrected chi connectivity index (χ0v) is 15.3. The highest BCUT2D eigenvalue weighted by Gasteiger charge is 2.19. The molecule has 4 rings (SSSR count). The van der Waals surface area contributed by atoms with Gasteiger partial charge in [0.1, 0.15) is 5.82 Å². The van der Waals surface area contributed by atoms with E-state index in [2.05, 4.69) is 15.5 Å². The first kappa shape index (κ1) is 18.9. The smallest absolute Gasteiger partial charge is 0.271 e. The third kappa shape index (κ3) is 3.76. The minimum Gasteiger partial charge on any atom is -0.334 e. The van der Waals surface area contributed by atoms with Crippen molar-refractivity contribution in [2.24, 2.45) is 0 Å². The van der Waals surface area contributed by atoms with Crippen LogP contribution in [0.15, 0.2) is 77.3 Å². The highest BCUT2D eigenvalue weighted by atomic mass is 19.1. The summed E-state index contributed by atoms with van der Waals surface area (Å²) in [6.07, 6.45) is 0. The van der Waals surface area contributed by atoms with E-state index in [0.717, 1.165) is 0 Å². The van der Waals surface area contributed by atoms with Crippen LogP contribution in [0.4, 0.5) is 15.8 Å². The number of hydrogen-bond acceptors (Lipinski definition) is 6. The van der Waals surface area contributed by atoms with E-state index < -0.39 is 16.6 Å². The Hall–Kier alpha value is -4.40. The van der Waals surface area contributed by atoms with Gasteiger partial charge in [-0.2, -0.15) is 4.98 Å². The Morgan fingerprint density at radius 2 is 1.73 bits per heavy atom. The monoisotopic (exact) mass is 404 g/mol. The Balaban J connectivity index is 1.65. The van der Waals surface area contributed by atoms with Gasteiger partial charge < -0.3 is 9.84 Å². The number of aromatic nitrogens is 2. The lowest BCUT2D eigenvalue weighted by Crippen LogP contribution is -2.13. The van der Waals surface area contributed by atoms with Gasteiger partial charge >= 0.3 is 0 Å². The second-order valence-electron chi connectivity index (χ2n) is 6.21. The standard InChI is InChI=1S/C21H13FN4O4/c22-18-11-4-3-10-17(18)19-24-21(30-25-19)16-9-2-1-8-15(16)20(27)23-13-6-5-7-14(12-13)26(28)29/h1-12H,(H,23,27). The number of carbonyl (C=O) groups is 1. The zero-order valence-electron chi connectivity index (χ0n) is 15.3. The Bertz CT molecular complexity index is 1260. The number of nitrogens with one attached hydrogen (secondary N) is 1. The van der Waals surface area contributed by atoms with Crippen molar-refractivity contribution in [2.75, 3.05) is 5.32 Å². The molecule has 1 heterocycles. The van der Waals surface area contributed by atoms with Crippen LogP contribution in [-0.4, -0.2) is 21.0 Å². The van der Waals surface area contributed by atoms with Gasteiger partial charge in [0.25, 0.3) is 17.5 Å². The minimum atomic E-state index is -0.549. The second kappa shape index (κ2) is 7.92. The van der Waals surface area contributed by atoms with Crippen molar-refractivity contribution in [3.05, 3.63) is 94.3 Å². The molecule has 30 heavy (non-hydrogen) atoms. The van der Waals surface area contributed by atoms with E-state index in [1.54, 1.807) is 36.4 Å². The number of nitro groups is 1. The lowest BCUT2D eigenvalue weighted by molar-refractivity contribution is -0.384. The third-order valence-electron chi connectivity index (χ3n) is 4.26. The van der Waals surface area contributed by atoms with Crippen molar-refractivity contribution < 1.29 is 18.6 Å². The number of nitrogens with zero attached hydrogens (tertiary/aromatic N) is 3. The number of amides is 1. The van der Waals surface area contributed by atoms with Crippen LogP contribution in [0.1, 0.15) is 10.4 Å². The SMILES string of the molecule is O=C(Nc1cccc([N+](=O)[O-])c1)c1ccccc1-c1nc(-c2ccccc2F)no1. The van der Waals surface area contributed by atoms with Gasteiger partial charge in [0.05, 0.1) is 21.6 Å². The number of carbonyl (C=O) groups excluding carboxylic acids is 1. The molecule has 8 nitrogen and oxygen atoms in total. The maximum atomic E-state index is 14.0. The van der Waals surface area contributed by atoms with Crippen LogP contribution in [0.3, 0.4) is 0 Å². The van der Waals surface area contributed by atoms with Crippen LogP contribution in [0, 0.1) is 15.9 Å². The summed E-state index contributed by atoms with van der Waals surface area (Å²) in [5.41, 5.74) is 0.850. The fourth-order valence-electron chi connectivity index (χ4n) is 2.85. The Morgan fingerprint density at radius 1 is 1.00 bits per heavy atom. The van der Waals surface area contributed by atoms with E-state index in [1.165, 1.54) is 36.4 Å². The molecule has 0 atom stereocenters. The maximum Gasteiger partial charge on any atom is 0.271 e. The van der Waals surface area contributed by atoms with E-state index in [4.69, 9.17) is 4.52 Å². The van der Waals surface area contributed by atoms with Crippen LogP contribution < -0.4 is 5.32 Å². The predicted octanol–water partition coefficient (Wildman–Crippen LogP) is 4.70. The highest BCUT2D eigenvalue weighted by Crippen LogP contribution is 2.27. The van der Waals surface area contributed by atoms with Gasteiger partial charge in [0.2, 0.25) is 5.82 Å². The third-order valence-corrected chi connectivity index (χ3v) is 4.26. The molecule has 0 unspecified atom stereocenters. The number of nitro benzene ring substituents is 1. The van der Waals surface area contributed by atoms with E-state index in [0.29, 0.717) is 5.56 Å². The highest BCUT2D eigenvalue weighted by molar-refractivity contribution is 6.08. The molecule has 1 aromatic heterocycles. The summed E-state index contributed by atoms with van der Waals surface area (Å²) >= 11 is 0. The van der Waals surface area contributed by atoms with Crippen LogP contribution >= 0.6 is 0 Å². The molecule has 0 spiro atoms. The molecule has 0 saturated heterocycles.